The van der Waals surface area contributed by atoms with Gasteiger partial charge in [0, 0.05) is 45.0 Å². The fourth-order valence-electron chi connectivity index (χ4n) is 4.80. The minimum absolute atomic E-state index is 0.0306. The van der Waals surface area contributed by atoms with E-state index in [9.17, 15) is 14.4 Å². The smallest absolute Gasteiger partial charge is 0.330 e. The van der Waals surface area contributed by atoms with Gasteiger partial charge in [-0.3, -0.25) is 19.4 Å². The molecule has 0 spiro atoms. The van der Waals surface area contributed by atoms with Crippen molar-refractivity contribution in [2.75, 3.05) is 44.2 Å². The molecule has 8 heteroatoms. The Balaban J connectivity index is 1.38. The van der Waals surface area contributed by atoms with Crippen molar-refractivity contribution in [3.63, 3.8) is 0 Å². The molecule has 3 heterocycles. The van der Waals surface area contributed by atoms with Crippen LogP contribution in [-0.2, 0) is 9.53 Å². The van der Waals surface area contributed by atoms with E-state index in [0.29, 0.717) is 17.7 Å². The van der Waals surface area contributed by atoms with Crippen molar-refractivity contribution in [3.05, 3.63) is 71.9 Å². The molecule has 8 nitrogen and oxygen atoms in total. The lowest BCUT2D eigenvalue weighted by molar-refractivity contribution is -0.144. The molecule has 2 amide bonds. The number of hydrogen-bond donors (Lipinski definition) is 0. The van der Waals surface area contributed by atoms with Crippen molar-refractivity contribution >= 4 is 23.6 Å². The maximum absolute atomic E-state index is 12.9. The van der Waals surface area contributed by atoms with Crippen molar-refractivity contribution in [3.8, 4) is 0 Å². The fraction of sp³-hybridized carbons (Fsp3) is 0.448. The molecule has 0 aliphatic carbocycles. The van der Waals surface area contributed by atoms with Gasteiger partial charge in [-0.1, -0.05) is 50.5 Å². The number of imide groups is 1. The average molecular weight is 505 g/mol. The molecule has 37 heavy (non-hydrogen) atoms. The molecule has 1 atom stereocenters. The molecule has 2 aromatic rings. The highest BCUT2D eigenvalue weighted by atomic mass is 16.5. The number of fused-ring (bicyclic) bond motifs is 1. The number of nitrogens with zero attached hydrogens (tertiary/aromatic N) is 4. The standard InChI is InChI=1S/C29H36N4O4/c1-2-3-4-5-6-7-15-27(34)37-23(22-33-28(35)24-12-8-9-13-25(24)29(33)36)21-31-17-19-32(20-18-31)26-14-10-11-16-30-26/h7-16,23H,2-6,17-22H2,1H3. The molecule has 196 valence electrons. The summed E-state index contributed by atoms with van der Waals surface area (Å²) < 4.78 is 5.81. The number of unbranched alkanes of at least 4 members (excludes halogenated alkanes) is 4. The van der Waals surface area contributed by atoms with E-state index < -0.39 is 12.1 Å². The van der Waals surface area contributed by atoms with Crippen LogP contribution in [0.3, 0.4) is 0 Å². The second kappa shape index (κ2) is 13.1. The zero-order chi connectivity index (χ0) is 26.0. The number of rotatable bonds is 12. The van der Waals surface area contributed by atoms with E-state index in [1.165, 1.54) is 23.8 Å². The summed E-state index contributed by atoms with van der Waals surface area (Å²) in [6.45, 7) is 5.76. The zero-order valence-electron chi connectivity index (χ0n) is 21.6. The second-order valence-corrected chi connectivity index (χ2v) is 9.55. The lowest BCUT2D eigenvalue weighted by Gasteiger charge is -2.37. The van der Waals surface area contributed by atoms with Crippen molar-refractivity contribution in [2.45, 2.75) is 45.1 Å². The van der Waals surface area contributed by atoms with Crippen LogP contribution < -0.4 is 4.90 Å². The molecule has 0 radical (unpaired) electrons. The third-order valence-electron chi connectivity index (χ3n) is 6.83. The predicted molar refractivity (Wildman–Crippen MR) is 142 cm³/mol. The van der Waals surface area contributed by atoms with Gasteiger partial charge in [-0.25, -0.2) is 9.78 Å². The largest absolute Gasteiger partial charge is 0.456 e. The summed E-state index contributed by atoms with van der Waals surface area (Å²) in [5, 5.41) is 0. The van der Waals surface area contributed by atoms with Crippen LogP contribution in [0.5, 0.6) is 0 Å². The highest BCUT2D eigenvalue weighted by Crippen LogP contribution is 2.23. The monoisotopic (exact) mass is 504 g/mol. The number of hydrogen-bond acceptors (Lipinski definition) is 7. The first-order valence-electron chi connectivity index (χ1n) is 13.3. The van der Waals surface area contributed by atoms with Gasteiger partial charge in [0.2, 0.25) is 0 Å². The SMILES string of the molecule is CCCCCCC=CC(=O)OC(CN1CCN(c2ccccn2)CC1)CN1C(=O)c2ccccc2C1=O. The first-order chi connectivity index (χ1) is 18.1. The minimum Gasteiger partial charge on any atom is -0.456 e. The molecule has 2 aliphatic heterocycles. The van der Waals surface area contributed by atoms with Crippen LogP contribution in [-0.4, -0.2) is 77.9 Å². The van der Waals surface area contributed by atoms with Crippen molar-refractivity contribution in [2.24, 2.45) is 0 Å². The molecule has 2 aliphatic rings. The summed E-state index contributed by atoms with van der Waals surface area (Å²) in [7, 11) is 0. The van der Waals surface area contributed by atoms with Gasteiger partial charge >= 0.3 is 5.97 Å². The number of amides is 2. The molecule has 0 N–H and O–H groups in total. The van der Waals surface area contributed by atoms with Crippen molar-refractivity contribution in [1.29, 1.82) is 0 Å². The van der Waals surface area contributed by atoms with Gasteiger partial charge in [-0.15, -0.1) is 0 Å². The van der Waals surface area contributed by atoms with E-state index in [2.05, 4.69) is 21.7 Å². The van der Waals surface area contributed by atoms with Gasteiger partial charge in [0.1, 0.15) is 11.9 Å². The van der Waals surface area contributed by atoms with Gasteiger partial charge < -0.3 is 9.64 Å². The Morgan fingerprint density at radius 3 is 2.30 bits per heavy atom. The van der Waals surface area contributed by atoms with E-state index in [1.807, 2.05) is 24.3 Å². The molecule has 0 bridgehead atoms. The molecule has 1 aromatic carbocycles. The molecular formula is C29H36N4O4. The number of carbonyl (C=O) groups is 3. The summed E-state index contributed by atoms with van der Waals surface area (Å²) in [4.78, 5) is 48.6. The number of pyridine rings is 1. The van der Waals surface area contributed by atoms with Crippen LogP contribution in [0.15, 0.2) is 60.8 Å². The van der Waals surface area contributed by atoms with Crippen LogP contribution >= 0.6 is 0 Å². The van der Waals surface area contributed by atoms with Crippen molar-refractivity contribution < 1.29 is 19.1 Å². The Bertz CT molecular complexity index is 1060. The van der Waals surface area contributed by atoms with Gasteiger partial charge in [-0.05, 0) is 37.1 Å². The molecule has 1 unspecified atom stereocenters. The number of piperazine rings is 1. The van der Waals surface area contributed by atoms with E-state index >= 15 is 0 Å². The van der Waals surface area contributed by atoms with E-state index in [1.54, 1.807) is 30.5 Å². The van der Waals surface area contributed by atoms with E-state index in [4.69, 9.17) is 4.74 Å². The average Bonchev–Trinajstić information content (AvgIpc) is 3.16. The number of anilines is 1. The lowest BCUT2D eigenvalue weighted by Crippen LogP contribution is -2.51. The Morgan fingerprint density at radius 2 is 1.65 bits per heavy atom. The second-order valence-electron chi connectivity index (χ2n) is 9.55. The third-order valence-corrected chi connectivity index (χ3v) is 6.83. The lowest BCUT2D eigenvalue weighted by atomic mass is 10.1. The van der Waals surface area contributed by atoms with Gasteiger partial charge in [0.25, 0.3) is 11.8 Å². The van der Waals surface area contributed by atoms with E-state index in [0.717, 1.165) is 51.3 Å². The number of aromatic nitrogens is 1. The maximum atomic E-state index is 12.9. The van der Waals surface area contributed by atoms with Crippen LogP contribution in [0.1, 0.15) is 59.7 Å². The topological polar surface area (TPSA) is 83.1 Å². The first kappa shape index (κ1) is 26.5. The Hall–Kier alpha value is -3.52. The summed E-state index contributed by atoms with van der Waals surface area (Å²) in [6.07, 6.45) is 9.85. The zero-order valence-corrected chi connectivity index (χ0v) is 21.6. The van der Waals surface area contributed by atoms with Crippen molar-refractivity contribution in [1.82, 2.24) is 14.8 Å². The van der Waals surface area contributed by atoms with Crippen LogP contribution in [0, 0.1) is 0 Å². The molecular weight excluding hydrogens is 468 g/mol. The van der Waals surface area contributed by atoms with Gasteiger partial charge in [0.15, 0.2) is 0 Å². The summed E-state index contributed by atoms with van der Waals surface area (Å²) >= 11 is 0. The summed E-state index contributed by atoms with van der Waals surface area (Å²) in [6, 6.07) is 12.7. The minimum atomic E-state index is -0.624. The number of allylic oxidation sites excluding steroid dienone is 1. The van der Waals surface area contributed by atoms with Crippen LogP contribution in [0.2, 0.25) is 0 Å². The van der Waals surface area contributed by atoms with Gasteiger partial charge in [-0.2, -0.15) is 0 Å². The van der Waals surface area contributed by atoms with Gasteiger partial charge in [0.05, 0.1) is 17.7 Å². The number of carbonyl (C=O) groups excluding carboxylic acids is 3. The molecule has 1 saturated heterocycles. The third kappa shape index (κ3) is 7.04. The Morgan fingerprint density at radius 1 is 0.946 bits per heavy atom. The molecule has 4 rings (SSSR count). The van der Waals surface area contributed by atoms with E-state index in [-0.39, 0.29) is 18.4 Å². The van der Waals surface area contributed by atoms with Crippen LogP contribution in [0.4, 0.5) is 5.82 Å². The maximum Gasteiger partial charge on any atom is 0.330 e. The Kier molecular flexibility index (Phi) is 9.43. The fourth-order valence-corrected chi connectivity index (χ4v) is 4.80. The number of benzene rings is 1. The first-order valence-corrected chi connectivity index (χ1v) is 13.3. The predicted octanol–water partition coefficient (Wildman–Crippen LogP) is 3.94. The summed E-state index contributed by atoms with van der Waals surface area (Å²) in [5.74, 6) is -0.175. The van der Waals surface area contributed by atoms with Crippen LogP contribution in [0.25, 0.3) is 0 Å². The number of ether oxygens (including phenoxy) is 1. The highest BCUT2D eigenvalue weighted by Gasteiger charge is 2.37. The molecule has 0 saturated carbocycles. The molecule has 1 fully saturated rings. The molecule has 1 aromatic heterocycles. The highest BCUT2D eigenvalue weighted by molar-refractivity contribution is 6.21. The summed E-state index contributed by atoms with van der Waals surface area (Å²) in [5.41, 5.74) is 0.794. The quantitative estimate of drug-likeness (QED) is 0.187. The normalized spacial score (nSPS) is 16.9. The Labute approximate surface area is 218 Å². The number of esters is 1.